The number of anilines is 1. The largest absolute Gasteiger partial charge is 0.332 e. The molecule has 1 aromatic rings. The molecular weight excluding hydrogens is 235 g/mol. The highest BCUT2D eigenvalue weighted by Crippen LogP contribution is 2.35. The molecule has 1 aromatic carbocycles. The summed E-state index contributed by atoms with van der Waals surface area (Å²) in [6.07, 6.45) is 0.827. The van der Waals surface area contributed by atoms with Gasteiger partial charge in [-0.2, -0.15) is 0 Å². The first-order valence-electron chi connectivity index (χ1n) is 6.00. The van der Waals surface area contributed by atoms with Crippen molar-refractivity contribution in [1.29, 1.82) is 0 Å². The summed E-state index contributed by atoms with van der Waals surface area (Å²) in [6, 6.07) is 5.04. The zero-order valence-electron chi connectivity index (χ0n) is 9.97. The number of nitrogens with zero attached hydrogens (tertiary/aromatic N) is 2. The molecule has 0 N–H and O–H groups in total. The number of amides is 3. The molecule has 0 spiro atoms. The molecule has 94 valence electrons. The third-order valence-corrected chi connectivity index (χ3v) is 3.70. The number of hydrogen-bond acceptors (Lipinski definition) is 2. The van der Waals surface area contributed by atoms with E-state index in [1.54, 1.807) is 11.0 Å². The van der Waals surface area contributed by atoms with Gasteiger partial charge in [0.05, 0.1) is 5.69 Å². The number of para-hydroxylation sites is 1. The first-order chi connectivity index (χ1) is 8.61. The third-order valence-electron chi connectivity index (χ3n) is 3.70. The third kappa shape index (κ3) is 1.36. The summed E-state index contributed by atoms with van der Waals surface area (Å²) in [4.78, 5) is 26.9. The molecule has 5 heteroatoms. The Bertz CT molecular complexity index is 531. The number of benzene rings is 1. The Labute approximate surface area is 104 Å². The number of halogens is 1. The van der Waals surface area contributed by atoms with Gasteiger partial charge in [-0.15, -0.1) is 0 Å². The zero-order chi connectivity index (χ0) is 12.9. The van der Waals surface area contributed by atoms with E-state index in [4.69, 9.17) is 0 Å². The van der Waals surface area contributed by atoms with E-state index >= 15 is 0 Å². The molecule has 2 aliphatic heterocycles. The Balaban J connectivity index is 2.03. The minimum absolute atomic E-state index is 0.0501. The van der Waals surface area contributed by atoms with Crippen LogP contribution in [0, 0.1) is 11.7 Å². The maximum absolute atomic E-state index is 13.7. The SMILES string of the molecule is CC1CCN2C(=O)N(c3ccccc3F)C(=O)C12. The summed E-state index contributed by atoms with van der Waals surface area (Å²) >= 11 is 0. The van der Waals surface area contributed by atoms with E-state index in [1.165, 1.54) is 18.2 Å². The highest BCUT2D eigenvalue weighted by Gasteiger charge is 2.51. The monoisotopic (exact) mass is 248 g/mol. The van der Waals surface area contributed by atoms with Gasteiger partial charge in [-0.05, 0) is 24.5 Å². The van der Waals surface area contributed by atoms with Crippen LogP contribution < -0.4 is 4.90 Å². The lowest BCUT2D eigenvalue weighted by atomic mass is 10.0. The number of carbonyl (C=O) groups excluding carboxylic acids is 2. The summed E-state index contributed by atoms with van der Waals surface area (Å²) in [7, 11) is 0. The molecule has 0 bridgehead atoms. The Morgan fingerprint density at radius 1 is 1.28 bits per heavy atom. The van der Waals surface area contributed by atoms with E-state index in [-0.39, 0.29) is 17.5 Å². The topological polar surface area (TPSA) is 40.6 Å². The quantitative estimate of drug-likeness (QED) is 0.713. The Kier molecular flexibility index (Phi) is 2.36. The average molecular weight is 248 g/mol. The molecule has 3 amide bonds. The molecule has 0 radical (unpaired) electrons. The number of urea groups is 1. The molecule has 2 saturated heterocycles. The summed E-state index contributed by atoms with van der Waals surface area (Å²) in [5, 5.41) is 0. The highest BCUT2D eigenvalue weighted by atomic mass is 19.1. The van der Waals surface area contributed by atoms with Crippen molar-refractivity contribution < 1.29 is 14.0 Å². The van der Waals surface area contributed by atoms with Gasteiger partial charge in [0.25, 0.3) is 5.91 Å². The van der Waals surface area contributed by atoms with Crippen molar-refractivity contribution in [3.8, 4) is 0 Å². The van der Waals surface area contributed by atoms with E-state index < -0.39 is 17.9 Å². The molecule has 4 nitrogen and oxygen atoms in total. The van der Waals surface area contributed by atoms with Crippen LogP contribution in [0.5, 0.6) is 0 Å². The van der Waals surface area contributed by atoms with Crippen LogP contribution in [0.25, 0.3) is 0 Å². The molecule has 0 aliphatic carbocycles. The molecule has 0 aromatic heterocycles. The summed E-state index contributed by atoms with van der Waals surface area (Å²) in [6.45, 7) is 2.52. The Hall–Kier alpha value is -1.91. The molecule has 2 aliphatic rings. The van der Waals surface area contributed by atoms with Crippen LogP contribution in [0.15, 0.2) is 24.3 Å². The zero-order valence-corrected chi connectivity index (χ0v) is 9.97. The van der Waals surface area contributed by atoms with Gasteiger partial charge in [0.15, 0.2) is 0 Å². The van der Waals surface area contributed by atoms with Gasteiger partial charge >= 0.3 is 6.03 Å². The van der Waals surface area contributed by atoms with E-state index in [1.807, 2.05) is 6.92 Å². The summed E-state index contributed by atoms with van der Waals surface area (Å²) in [5.41, 5.74) is 0.0501. The van der Waals surface area contributed by atoms with Gasteiger partial charge in [0.2, 0.25) is 0 Å². The lowest BCUT2D eigenvalue weighted by molar-refractivity contribution is -0.120. The van der Waals surface area contributed by atoms with Crippen molar-refractivity contribution >= 4 is 17.6 Å². The lowest BCUT2D eigenvalue weighted by Crippen LogP contribution is -2.34. The van der Waals surface area contributed by atoms with Crippen LogP contribution in [-0.2, 0) is 4.79 Å². The van der Waals surface area contributed by atoms with Gasteiger partial charge < -0.3 is 4.90 Å². The average Bonchev–Trinajstić information content (AvgIpc) is 2.83. The van der Waals surface area contributed by atoms with Crippen molar-refractivity contribution in [2.45, 2.75) is 19.4 Å². The molecule has 0 saturated carbocycles. The second kappa shape index (κ2) is 3.80. The molecule has 2 unspecified atom stereocenters. The predicted octanol–water partition coefficient (Wildman–Crippen LogP) is 2.00. The summed E-state index contributed by atoms with van der Waals surface area (Å²) in [5.74, 6) is -0.721. The van der Waals surface area contributed by atoms with Gasteiger partial charge in [-0.25, -0.2) is 14.1 Å². The van der Waals surface area contributed by atoms with Crippen molar-refractivity contribution in [1.82, 2.24) is 4.90 Å². The number of rotatable bonds is 1. The number of imide groups is 1. The van der Waals surface area contributed by atoms with Crippen LogP contribution in [0.1, 0.15) is 13.3 Å². The number of hydrogen-bond donors (Lipinski definition) is 0. The molecule has 3 rings (SSSR count). The normalized spacial score (nSPS) is 27.0. The minimum Gasteiger partial charge on any atom is -0.312 e. The predicted molar refractivity (Wildman–Crippen MR) is 63.6 cm³/mol. The number of fused-ring (bicyclic) bond motifs is 1. The van der Waals surface area contributed by atoms with Gasteiger partial charge in [-0.3, -0.25) is 4.79 Å². The van der Waals surface area contributed by atoms with Crippen LogP contribution in [0.2, 0.25) is 0 Å². The molecule has 2 atom stereocenters. The fraction of sp³-hybridized carbons (Fsp3) is 0.385. The van der Waals surface area contributed by atoms with Crippen LogP contribution in [0.3, 0.4) is 0 Å². The van der Waals surface area contributed by atoms with Crippen molar-refractivity contribution in [2.75, 3.05) is 11.4 Å². The van der Waals surface area contributed by atoms with Gasteiger partial charge in [-0.1, -0.05) is 19.1 Å². The fourth-order valence-corrected chi connectivity index (χ4v) is 2.75. The van der Waals surface area contributed by atoms with E-state index in [9.17, 15) is 14.0 Å². The van der Waals surface area contributed by atoms with Crippen molar-refractivity contribution in [3.05, 3.63) is 30.1 Å². The van der Waals surface area contributed by atoms with Crippen molar-refractivity contribution in [3.63, 3.8) is 0 Å². The molecular formula is C13H13FN2O2. The lowest BCUT2D eigenvalue weighted by Gasteiger charge is -2.16. The van der Waals surface area contributed by atoms with E-state index in [0.717, 1.165) is 11.3 Å². The minimum atomic E-state index is -0.548. The van der Waals surface area contributed by atoms with Crippen LogP contribution in [-0.4, -0.2) is 29.4 Å². The van der Waals surface area contributed by atoms with Crippen LogP contribution >= 0.6 is 0 Å². The first kappa shape index (κ1) is 11.2. The maximum atomic E-state index is 13.7. The Morgan fingerprint density at radius 3 is 2.67 bits per heavy atom. The fourth-order valence-electron chi connectivity index (χ4n) is 2.75. The second-order valence-electron chi connectivity index (χ2n) is 4.81. The standard InChI is InChI=1S/C13H13FN2O2/c1-8-6-7-15-11(8)12(17)16(13(15)18)10-5-3-2-4-9(10)14/h2-5,8,11H,6-7H2,1H3. The van der Waals surface area contributed by atoms with E-state index in [0.29, 0.717) is 6.54 Å². The first-order valence-corrected chi connectivity index (χ1v) is 6.00. The van der Waals surface area contributed by atoms with Crippen molar-refractivity contribution in [2.24, 2.45) is 5.92 Å². The highest BCUT2D eigenvalue weighted by molar-refractivity contribution is 6.21. The maximum Gasteiger partial charge on any atom is 0.332 e. The van der Waals surface area contributed by atoms with Gasteiger partial charge in [0.1, 0.15) is 11.9 Å². The molecule has 2 heterocycles. The van der Waals surface area contributed by atoms with Crippen LogP contribution in [0.4, 0.5) is 14.9 Å². The summed E-state index contributed by atoms with van der Waals surface area (Å²) < 4.78 is 13.7. The van der Waals surface area contributed by atoms with Gasteiger partial charge in [0, 0.05) is 6.54 Å². The number of carbonyl (C=O) groups is 2. The smallest absolute Gasteiger partial charge is 0.312 e. The molecule has 2 fully saturated rings. The Morgan fingerprint density at radius 2 is 2.00 bits per heavy atom. The molecule has 18 heavy (non-hydrogen) atoms. The second-order valence-corrected chi connectivity index (χ2v) is 4.81. The van der Waals surface area contributed by atoms with E-state index in [2.05, 4.69) is 0 Å².